The number of Topliss-reactive ketones (excluding diaryl/α,β-unsaturated/α-hetero) is 1. The second-order valence-corrected chi connectivity index (χ2v) is 8.99. The van der Waals surface area contributed by atoms with Crippen molar-refractivity contribution in [1.82, 2.24) is 10.2 Å². The first-order valence-corrected chi connectivity index (χ1v) is 10.9. The molecule has 0 saturated heterocycles. The molecule has 0 unspecified atom stereocenters. The summed E-state index contributed by atoms with van der Waals surface area (Å²) in [5.74, 6) is -2.89. The summed E-state index contributed by atoms with van der Waals surface area (Å²) in [5.41, 5.74) is 1.33. The van der Waals surface area contributed by atoms with Gasteiger partial charge < -0.3 is 15.5 Å². The first-order valence-electron chi connectivity index (χ1n) is 10.9. The predicted molar refractivity (Wildman–Crippen MR) is 122 cm³/mol. The zero-order valence-corrected chi connectivity index (χ0v) is 18.9. The average Bonchev–Trinajstić information content (AvgIpc) is 3.52. The average molecular weight is 444 g/mol. The number of halogens is 2. The van der Waals surface area contributed by atoms with Gasteiger partial charge in [0, 0.05) is 49.8 Å². The molecule has 32 heavy (non-hydrogen) atoms. The van der Waals surface area contributed by atoms with Crippen molar-refractivity contribution in [3.63, 3.8) is 0 Å². The maximum Gasteiger partial charge on any atom is 0.272 e. The third-order valence-corrected chi connectivity index (χ3v) is 5.79. The Bertz CT molecular complexity index is 948. The summed E-state index contributed by atoms with van der Waals surface area (Å²) >= 11 is 0. The van der Waals surface area contributed by atoms with Crippen molar-refractivity contribution in [1.29, 1.82) is 0 Å². The first-order chi connectivity index (χ1) is 15.1. The minimum Gasteiger partial charge on any atom is -0.355 e. The quantitative estimate of drug-likeness (QED) is 0.521. The van der Waals surface area contributed by atoms with Gasteiger partial charge in [0.05, 0.1) is 5.41 Å². The van der Waals surface area contributed by atoms with Crippen molar-refractivity contribution in [3.05, 3.63) is 59.7 Å². The molecule has 2 N–H and O–H groups in total. The van der Waals surface area contributed by atoms with Crippen LogP contribution in [0.4, 0.5) is 20.2 Å². The highest BCUT2D eigenvalue weighted by Crippen LogP contribution is 2.49. The number of anilines is 2. The van der Waals surface area contributed by atoms with E-state index in [1.165, 1.54) is 6.07 Å². The van der Waals surface area contributed by atoms with Crippen molar-refractivity contribution in [2.75, 3.05) is 26.0 Å². The number of nitrogens with one attached hydrogen (secondary N) is 2. The fraction of sp³-hybridized carbons (Fsp3) is 0.440. The fourth-order valence-electron chi connectivity index (χ4n) is 3.66. The van der Waals surface area contributed by atoms with E-state index in [0.29, 0.717) is 37.3 Å². The van der Waals surface area contributed by atoms with Crippen LogP contribution < -0.4 is 10.6 Å². The van der Waals surface area contributed by atoms with Gasteiger partial charge in [-0.15, -0.1) is 0 Å². The Morgan fingerprint density at radius 1 is 1.06 bits per heavy atom. The number of alkyl halides is 2. The zero-order valence-electron chi connectivity index (χ0n) is 18.9. The van der Waals surface area contributed by atoms with E-state index < -0.39 is 11.3 Å². The number of benzene rings is 2. The largest absolute Gasteiger partial charge is 0.355 e. The molecule has 0 heterocycles. The number of ketones is 1. The Labute approximate surface area is 188 Å². The van der Waals surface area contributed by atoms with Crippen molar-refractivity contribution in [2.45, 2.75) is 45.1 Å². The predicted octanol–water partition coefficient (Wildman–Crippen LogP) is 4.85. The van der Waals surface area contributed by atoms with Crippen molar-refractivity contribution < 1.29 is 18.4 Å². The summed E-state index contributed by atoms with van der Waals surface area (Å²) < 4.78 is 27.6. The van der Waals surface area contributed by atoms with Gasteiger partial charge in [-0.25, -0.2) is 8.78 Å². The number of carbonyl (C=O) groups is 2. The summed E-state index contributed by atoms with van der Waals surface area (Å²) in [7, 11) is 3.84. The zero-order chi connectivity index (χ0) is 23.4. The molecule has 1 aliphatic rings. The molecular weight excluding hydrogens is 412 g/mol. The number of hydrogen-bond donors (Lipinski definition) is 2. The molecule has 0 spiro atoms. The number of para-hydroxylation sites is 1. The van der Waals surface area contributed by atoms with E-state index in [4.69, 9.17) is 0 Å². The highest BCUT2D eigenvalue weighted by Gasteiger charge is 2.50. The fourth-order valence-corrected chi connectivity index (χ4v) is 3.66. The Morgan fingerprint density at radius 2 is 1.72 bits per heavy atom. The Balaban J connectivity index is 1.53. The summed E-state index contributed by atoms with van der Waals surface area (Å²) in [6, 6.07) is 13.6. The summed E-state index contributed by atoms with van der Waals surface area (Å²) in [5, 5.41) is 5.99. The normalized spacial score (nSPS) is 14.8. The molecule has 5 nitrogen and oxygen atoms in total. The smallest absolute Gasteiger partial charge is 0.272 e. The maximum absolute atomic E-state index is 13.8. The van der Waals surface area contributed by atoms with Crippen LogP contribution in [0.1, 0.15) is 43.7 Å². The maximum atomic E-state index is 13.8. The monoisotopic (exact) mass is 443 g/mol. The lowest BCUT2D eigenvalue weighted by Crippen LogP contribution is -2.33. The highest BCUT2D eigenvalue weighted by molar-refractivity contribution is 5.91. The van der Waals surface area contributed by atoms with Gasteiger partial charge in [0.25, 0.3) is 5.92 Å². The van der Waals surface area contributed by atoms with Crippen LogP contribution >= 0.6 is 0 Å². The van der Waals surface area contributed by atoms with Crippen molar-refractivity contribution in [3.8, 4) is 0 Å². The van der Waals surface area contributed by atoms with Crippen LogP contribution in [0.25, 0.3) is 0 Å². The number of amides is 1. The van der Waals surface area contributed by atoms with E-state index in [2.05, 4.69) is 10.6 Å². The topological polar surface area (TPSA) is 61.4 Å². The number of nitrogens with zero attached hydrogens (tertiary/aromatic N) is 1. The molecule has 3 rings (SSSR count). The van der Waals surface area contributed by atoms with E-state index in [9.17, 15) is 18.4 Å². The van der Waals surface area contributed by atoms with Gasteiger partial charge in [-0.2, -0.15) is 0 Å². The Kier molecular flexibility index (Phi) is 7.29. The molecule has 1 fully saturated rings. The SMILES string of the molecule is CN(C)CCC(=O)CC1(C(=O)NCc2ccc(Nc3ccccc3C(C)(F)F)cc2)CC1. The number of carbonyl (C=O) groups excluding carboxylic acids is 2. The molecular formula is C25H31F2N3O2. The van der Waals surface area contributed by atoms with Gasteiger partial charge in [-0.1, -0.05) is 30.3 Å². The molecule has 2 aromatic rings. The van der Waals surface area contributed by atoms with Crippen LogP contribution in [0.5, 0.6) is 0 Å². The van der Waals surface area contributed by atoms with E-state index in [1.54, 1.807) is 30.3 Å². The summed E-state index contributed by atoms with van der Waals surface area (Å²) in [4.78, 5) is 26.8. The van der Waals surface area contributed by atoms with E-state index in [1.807, 2.05) is 31.1 Å². The molecule has 7 heteroatoms. The molecule has 172 valence electrons. The third-order valence-electron chi connectivity index (χ3n) is 5.79. The second-order valence-electron chi connectivity index (χ2n) is 8.99. The Morgan fingerprint density at radius 3 is 2.31 bits per heavy atom. The molecule has 0 aliphatic heterocycles. The number of rotatable bonds is 11. The lowest BCUT2D eigenvalue weighted by molar-refractivity contribution is -0.131. The van der Waals surface area contributed by atoms with Gasteiger partial charge in [-0.05, 0) is 50.7 Å². The summed E-state index contributed by atoms with van der Waals surface area (Å²) in [6.45, 7) is 1.93. The van der Waals surface area contributed by atoms with Gasteiger partial charge in [0.2, 0.25) is 5.91 Å². The lowest BCUT2D eigenvalue weighted by atomic mass is 9.96. The van der Waals surface area contributed by atoms with E-state index in [0.717, 1.165) is 25.3 Å². The molecule has 1 saturated carbocycles. The molecule has 2 aromatic carbocycles. The molecule has 0 aromatic heterocycles. The van der Waals surface area contributed by atoms with Gasteiger partial charge >= 0.3 is 0 Å². The second kappa shape index (κ2) is 9.77. The van der Waals surface area contributed by atoms with Crippen LogP contribution in [0.2, 0.25) is 0 Å². The highest BCUT2D eigenvalue weighted by atomic mass is 19.3. The van der Waals surface area contributed by atoms with Gasteiger partial charge in [-0.3, -0.25) is 9.59 Å². The van der Waals surface area contributed by atoms with E-state index >= 15 is 0 Å². The third kappa shape index (κ3) is 6.36. The minimum absolute atomic E-state index is 0.0637. The first kappa shape index (κ1) is 23.9. The minimum atomic E-state index is -2.94. The molecule has 0 atom stereocenters. The van der Waals surface area contributed by atoms with Crippen LogP contribution in [-0.2, 0) is 22.1 Å². The summed E-state index contributed by atoms with van der Waals surface area (Å²) in [6.07, 6.45) is 2.26. The standard InChI is InChI=1S/C25H31F2N3O2/c1-24(26,27)21-6-4-5-7-22(21)29-19-10-8-18(9-11-19)17-28-23(32)25(13-14-25)16-20(31)12-15-30(2)3/h4-11,29H,12-17H2,1-3H3,(H,28,32). The molecule has 1 amide bonds. The van der Waals surface area contributed by atoms with Crippen molar-refractivity contribution >= 4 is 23.1 Å². The number of hydrogen-bond acceptors (Lipinski definition) is 4. The van der Waals surface area contributed by atoms with Crippen LogP contribution in [0.15, 0.2) is 48.5 Å². The van der Waals surface area contributed by atoms with E-state index in [-0.39, 0.29) is 17.3 Å². The van der Waals surface area contributed by atoms with Crippen molar-refractivity contribution in [2.24, 2.45) is 5.41 Å². The lowest BCUT2D eigenvalue weighted by Gasteiger charge is -2.17. The Hall–Kier alpha value is -2.80. The molecule has 0 bridgehead atoms. The van der Waals surface area contributed by atoms with Crippen LogP contribution in [0.3, 0.4) is 0 Å². The van der Waals surface area contributed by atoms with Gasteiger partial charge in [0.1, 0.15) is 5.78 Å². The van der Waals surface area contributed by atoms with Crippen LogP contribution in [0, 0.1) is 5.41 Å². The van der Waals surface area contributed by atoms with Crippen LogP contribution in [-0.4, -0.2) is 37.2 Å². The van der Waals surface area contributed by atoms with Gasteiger partial charge in [0.15, 0.2) is 0 Å². The molecule has 0 radical (unpaired) electrons. The molecule has 1 aliphatic carbocycles.